The highest BCUT2D eigenvalue weighted by Gasteiger charge is 2.16. The van der Waals surface area contributed by atoms with Crippen molar-refractivity contribution >= 4 is 16.8 Å². The first-order chi connectivity index (χ1) is 10.1. The van der Waals surface area contributed by atoms with E-state index in [2.05, 4.69) is 5.10 Å². The van der Waals surface area contributed by atoms with Crippen molar-refractivity contribution in [2.24, 2.45) is 0 Å². The van der Waals surface area contributed by atoms with E-state index in [1.807, 2.05) is 61.5 Å². The molecule has 104 valence electrons. The minimum Gasteiger partial charge on any atom is -0.275 e. The Balaban J connectivity index is 2.14. The van der Waals surface area contributed by atoms with Crippen LogP contribution in [-0.4, -0.2) is 15.0 Å². The molecule has 0 radical (unpaired) electrons. The van der Waals surface area contributed by atoms with Crippen molar-refractivity contribution in [3.63, 3.8) is 0 Å². The largest absolute Gasteiger partial charge is 0.275 e. The summed E-state index contributed by atoms with van der Waals surface area (Å²) in [6.45, 7) is 2.01. The third-order valence-corrected chi connectivity index (χ3v) is 3.48. The van der Waals surface area contributed by atoms with Gasteiger partial charge >= 0.3 is 0 Å². The van der Waals surface area contributed by atoms with Crippen molar-refractivity contribution in [1.29, 1.82) is 0 Å². The lowest BCUT2D eigenvalue weighted by molar-refractivity contribution is 0.108. The van der Waals surface area contributed by atoms with Gasteiger partial charge in [0.25, 0.3) is 5.24 Å². The molecule has 1 aromatic heterocycles. The zero-order valence-corrected chi connectivity index (χ0v) is 12.2. The molecule has 2 aromatic carbocycles. The molecule has 0 bridgehead atoms. The van der Waals surface area contributed by atoms with Crippen LogP contribution in [0.3, 0.4) is 0 Å². The van der Waals surface area contributed by atoms with Gasteiger partial charge in [0.15, 0.2) is 0 Å². The highest BCUT2D eigenvalue weighted by atomic mass is 35.5. The van der Waals surface area contributed by atoms with Gasteiger partial charge in [-0.25, -0.2) is 4.68 Å². The van der Waals surface area contributed by atoms with Crippen molar-refractivity contribution < 1.29 is 4.79 Å². The standard InChI is InChI=1S/C17H13ClN2O/c1-12-7-9-13(10-8-12)16-15(17(18)21)11-20(19-16)14-5-3-2-4-6-14/h2-11H,1H3. The monoisotopic (exact) mass is 296 g/mol. The molecular formula is C17H13ClN2O. The molecule has 3 nitrogen and oxygen atoms in total. The van der Waals surface area contributed by atoms with Crippen LogP contribution in [0.15, 0.2) is 60.8 Å². The molecule has 3 rings (SSSR count). The molecular weight excluding hydrogens is 284 g/mol. The second-order valence-corrected chi connectivity index (χ2v) is 5.15. The summed E-state index contributed by atoms with van der Waals surface area (Å²) in [6.07, 6.45) is 1.67. The summed E-state index contributed by atoms with van der Waals surface area (Å²) in [7, 11) is 0. The smallest absolute Gasteiger partial charge is 0.256 e. The number of hydrogen-bond acceptors (Lipinski definition) is 2. The molecule has 0 aliphatic rings. The first kappa shape index (κ1) is 13.6. The normalized spacial score (nSPS) is 10.6. The summed E-state index contributed by atoms with van der Waals surface area (Å²) in [6, 6.07) is 17.5. The summed E-state index contributed by atoms with van der Waals surface area (Å²) >= 11 is 5.70. The van der Waals surface area contributed by atoms with Gasteiger partial charge in [-0.15, -0.1) is 0 Å². The molecule has 0 aliphatic heterocycles. The predicted molar refractivity (Wildman–Crippen MR) is 83.9 cm³/mol. The molecule has 21 heavy (non-hydrogen) atoms. The fraction of sp³-hybridized carbons (Fsp3) is 0.0588. The van der Waals surface area contributed by atoms with E-state index < -0.39 is 5.24 Å². The van der Waals surface area contributed by atoms with E-state index in [0.29, 0.717) is 11.3 Å². The number of carbonyl (C=O) groups is 1. The zero-order chi connectivity index (χ0) is 14.8. The van der Waals surface area contributed by atoms with Gasteiger partial charge < -0.3 is 0 Å². The molecule has 0 N–H and O–H groups in total. The summed E-state index contributed by atoms with van der Waals surface area (Å²) in [5.74, 6) is 0. The van der Waals surface area contributed by atoms with Crippen LogP contribution in [0.25, 0.3) is 16.9 Å². The second-order valence-electron chi connectivity index (χ2n) is 4.81. The summed E-state index contributed by atoms with van der Waals surface area (Å²) in [5, 5.41) is 4.01. The van der Waals surface area contributed by atoms with Crippen LogP contribution in [0.1, 0.15) is 15.9 Å². The topological polar surface area (TPSA) is 34.9 Å². The van der Waals surface area contributed by atoms with Crippen LogP contribution in [0.4, 0.5) is 0 Å². The van der Waals surface area contributed by atoms with E-state index in [0.717, 1.165) is 16.8 Å². The Morgan fingerprint density at radius 3 is 2.33 bits per heavy atom. The highest BCUT2D eigenvalue weighted by Crippen LogP contribution is 2.25. The Morgan fingerprint density at radius 1 is 1.05 bits per heavy atom. The maximum Gasteiger partial charge on any atom is 0.256 e. The Morgan fingerprint density at radius 2 is 1.71 bits per heavy atom. The Kier molecular flexibility index (Phi) is 3.59. The molecule has 0 atom stereocenters. The summed E-state index contributed by atoms with van der Waals surface area (Å²) < 4.78 is 1.67. The fourth-order valence-corrected chi connectivity index (χ4v) is 2.29. The number of hydrogen-bond donors (Lipinski definition) is 0. The highest BCUT2D eigenvalue weighted by molar-refractivity contribution is 6.68. The van der Waals surface area contributed by atoms with E-state index >= 15 is 0 Å². The van der Waals surface area contributed by atoms with Gasteiger partial charge in [0.05, 0.1) is 11.3 Å². The van der Waals surface area contributed by atoms with Gasteiger partial charge in [-0.05, 0) is 30.7 Å². The SMILES string of the molecule is Cc1ccc(-c2nn(-c3ccccc3)cc2C(=O)Cl)cc1. The summed E-state index contributed by atoms with van der Waals surface area (Å²) in [4.78, 5) is 11.7. The predicted octanol–water partition coefficient (Wildman–Crippen LogP) is 4.23. The fourth-order valence-electron chi connectivity index (χ4n) is 2.16. The minimum atomic E-state index is -0.507. The number of aryl methyl sites for hydroxylation is 1. The van der Waals surface area contributed by atoms with E-state index in [9.17, 15) is 4.79 Å². The van der Waals surface area contributed by atoms with Crippen LogP contribution in [0, 0.1) is 6.92 Å². The molecule has 0 fully saturated rings. The van der Waals surface area contributed by atoms with Crippen LogP contribution < -0.4 is 0 Å². The van der Waals surface area contributed by atoms with Gasteiger partial charge in [0.2, 0.25) is 0 Å². The molecule has 0 aliphatic carbocycles. The first-order valence-electron chi connectivity index (χ1n) is 6.57. The van der Waals surface area contributed by atoms with Crippen LogP contribution >= 0.6 is 11.6 Å². The average molecular weight is 297 g/mol. The van der Waals surface area contributed by atoms with Crippen molar-refractivity contribution in [3.05, 3.63) is 71.9 Å². The van der Waals surface area contributed by atoms with Gasteiger partial charge in [0.1, 0.15) is 5.69 Å². The lowest BCUT2D eigenvalue weighted by atomic mass is 10.1. The molecule has 0 saturated heterocycles. The molecule has 3 aromatic rings. The molecule has 0 amide bonds. The molecule has 0 spiro atoms. The quantitative estimate of drug-likeness (QED) is 0.678. The molecule has 1 heterocycles. The van der Waals surface area contributed by atoms with Crippen LogP contribution in [0.5, 0.6) is 0 Å². The Labute approximate surface area is 127 Å². The average Bonchev–Trinajstić information content (AvgIpc) is 2.94. The van der Waals surface area contributed by atoms with Gasteiger partial charge in [0, 0.05) is 11.8 Å². The van der Waals surface area contributed by atoms with Crippen LogP contribution in [0.2, 0.25) is 0 Å². The van der Waals surface area contributed by atoms with Gasteiger partial charge in [-0.1, -0.05) is 48.0 Å². The minimum absolute atomic E-state index is 0.407. The number of rotatable bonds is 3. The number of benzene rings is 2. The van der Waals surface area contributed by atoms with Crippen molar-refractivity contribution in [1.82, 2.24) is 9.78 Å². The number of halogens is 1. The van der Waals surface area contributed by atoms with E-state index in [-0.39, 0.29) is 0 Å². The molecule has 0 unspecified atom stereocenters. The third kappa shape index (κ3) is 2.73. The van der Waals surface area contributed by atoms with E-state index in [1.54, 1.807) is 10.9 Å². The van der Waals surface area contributed by atoms with Crippen molar-refractivity contribution in [3.8, 4) is 16.9 Å². The third-order valence-electron chi connectivity index (χ3n) is 3.27. The Bertz CT molecular complexity index is 776. The number of carbonyl (C=O) groups excluding carboxylic acids is 1. The van der Waals surface area contributed by atoms with Crippen molar-refractivity contribution in [2.45, 2.75) is 6.92 Å². The maximum absolute atomic E-state index is 11.7. The lowest BCUT2D eigenvalue weighted by Crippen LogP contribution is -1.93. The van der Waals surface area contributed by atoms with E-state index in [4.69, 9.17) is 11.6 Å². The molecule has 0 saturated carbocycles. The van der Waals surface area contributed by atoms with E-state index in [1.165, 1.54) is 0 Å². The zero-order valence-electron chi connectivity index (χ0n) is 11.5. The lowest BCUT2D eigenvalue weighted by Gasteiger charge is -2.01. The maximum atomic E-state index is 11.7. The number of nitrogens with zero attached hydrogens (tertiary/aromatic N) is 2. The summed E-state index contributed by atoms with van der Waals surface area (Å²) in [5.41, 5.74) is 3.91. The second kappa shape index (κ2) is 5.54. The molecule has 4 heteroatoms. The van der Waals surface area contributed by atoms with Gasteiger partial charge in [-0.2, -0.15) is 5.10 Å². The van der Waals surface area contributed by atoms with Crippen molar-refractivity contribution in [2.75, 3.05) is 0 Å². The van der Waals surface area contributed by atoms with Crippen LogP contribution in [-0.2, 0) is 0 Å². The van der Waals surface area contributed by atoms with Gasteiger partial charge in [-0.3, -0.25) is 4.79 Å². The number of para-hydroxylation sites is 1. The number of aromatic nitrogens is 2. The Hall–Kier alpha value is -2.39. The first-order valence-corrected chi connectivity index (χ1v) is 6.95.